The van der Waals surface area contributed by atoms with Crippen molar-refractivity contribution in [1.29, 1.82) is 0 Å². The highest BCUT2D eigenvalue weighted by atomic mass is 35.5. The third kappa shape index (κ3) is 2.70. The van der Waals surface area contributed by atoms with Crippen molar-refractivity contribution in [2.45, 2.75) is 32.4 Å². The fourth-order valence-corrected chi connectivity index (χ4v) is 2.39. The number of aryl methyl sites for hydroxylation is 1. The van der Waals surface area contributed by atoms with Crippen LogP contribution in [0.2, 0.25) is 5.02 Å². The van der Waals surface area contributed by atoms with E-state index in [-0.39, 0.29) is 5.91 Å². The van der Waals surface area contributed by atoms with Gasteiger partial charge in [0.15, 0.2) is 0 Å². The van der Waals surface area contributed by atoms with Gasteiger partial charge in [0.2, 0.25) is 0 Å². The number of hydrogen-bond acceptors (Lipinski definition) is 2. The third-order valence-corrected chi connectivity index (χ3v) is 3.83. The Morgan fingerprint density at radius 3 is 2.65 bits per heavy atom. The quantitative estimate of drug-likeness (QED) is 0.940. The number of aromatic nitrogens is 2. The zero-order chi connectivity index (χ0) is 14.1. The van der Waals surface area contributed by atoms with E-state index in [1.54, 1.807) is 6.20 Å². The van der Waals surface area contributed by atoms with Crippen molar-refractivity contribution in [1.82, 2.24) is 15.1 Å². The molecule has 0 aliphatic heterocycles. The molecule has 0 radical (unpaired) electrons. The van der Waals surface area contributed by atoms with E-state index in [2.05, 4.69) is 10.2 Å². The third-order valence-electron chi connectivity index (χ3n) is 3.58. The molecule has 4 nitrogen and oxygen atoms in total. The topological polar surface area (TPSA) is 49.0 Å². The highest BCUT2D eigenvalue weighted by molar-refractivity contribution is 6.30. The monoisotopic (exact) mass is 289 g/mol. The molecular weight excluding hydrogens is 274 g/mol. The molecule has 1 aliphatic rings. The van der Waals surface area contributed by atoms with Gasteiger partial charge in [0, 0.05) is 23.3 Å². The number of carbonyl (C=O) groups excluding carboxylic acids is 1. The molecular formula is C15H16ClN3O. The van der Waals surface area contributed by atoms with Crippen LogP contribution in [0.15, 0.2) is 30.5 Å². The van der Waals surface area contributed by atoms with E-state index in [9.17, 15) is 4.79 Å². The first kappa shape index (κ1) is 13.2. The lowest BCUT2D eigenvalue weighted by Gasteiger charge is -2.22. The summed E-state index contributed by atoms with van der Waals surface area (Å²) >= 11 is 5.89. The van der Waals surface area contributed by atoms with E-state index in [1.165, 1.54) is 0 Å². The molecule has 0 saturated heterocycles. The summed E-state index contributed by atoms with van der Waals surface area (Å²) in [6.45, 7) is 2.49. The minimum Gasteiger partial charge on any atom is -0.331 e. The zero-order valence-electron chi connectivity index (χ0n) is 11.3. The van der Waals surface area contributed by atoms with Crippen molar-refractivity contribution in [2.24, 2.45) is 0 Å². The first-order chi connectivity index (χ1) is 9.65. The molecule has 0 bridgehead atoms. The lowest BCUT2D eigenvalue weighted by molar-refractivity contribution is 0.0729. The van der Waals surface area contributed by atoms with Crippen LogP contribution in [0.3, 0.4) is 0 Å². The minimum absolute atomic E-state index is 0.0497. The van der Waals surface area contributed by atoms with Gasteiger partial charge in [0.1, 0.15) is 0 Å². The van der Waals surface area contributed by atoms with Gasteiger partial charge in [0.25, 0.3) is 5.91 Å². The molecule has 3 rings (SSSR count). The summed E-state index contributed by atoms with van der Waals surface area (Å²) in [6.07, 6.45) is 3.77. The SMILES string of the molecule is Cc1[nH]ncc1C(=O)N(Cc1ccc(Cl)cc1)C1CC1. The number of H-pyrrole nitrogens is 1. The van der Waals surface area contributed by atoms with E-state index in [0.29, 0.717) is 23.2 Å². The first-order valence-corrected chi connectivity index (χ1v) is 7.08. The molecule has 1 aliphatic carbocycles. The maximum Gasteiger partial charge on any atom is 0.257 e. The molecule has 0 unspecified atom stereocenters. The van der Waals surface area contributed by atoms with Gasteiger partial charge in [-0.15, -0.1) is 0 Å². The molecule has 1 heterocycles. The van der Waals surface area contributed by atoms with Crippen molar-refractivity contribution in [2.75, 3.05) is 0 Å². The van der Waals surface area contributed by atoms with Crippen molar-refractivity contribution < 1.29 is 4.79 Å². The van der Waals surface area contributed by atoms with E-state index >= 15 is 0 Å². The molecule has 1 amide bonds. The molecule has 20 heavy (non-hydrogen) atoms. The molecule has 1 saturated carbocycles. The lowest BCUT2D eigenvalue weighted by Crippen LogP contribution is -2.32. The Labute approximate surface area is 122 Å². The van der Waals surface area contributed by atoms with Crippen molar-refractivity contribution >= 4 is 17.5 Å². The summed E-state index contributed by atoms with van der Waals surface area (Å²) in [5, 5.41) is 7.47. The Bertz CT molecular complexity index is 616. The predicted molar refractivity (Wildman–Crippen MR) is 77.7 cm³/mol. The second-order valence-corrected chi connectivity index (χ2v) is 5.64. The average Bonchev–Trinajstić information content (AvgIpc) is 3.19. The van der Waals surface area contributed by atoms with Gasteiger partial charge in [0.05, 0.1) is 11.8 Å². The van der Waals surface area contributed by atoms with Crippen LogP contribution in [0.25, 0.3) is 0 Å². The normalized spacial score (nSPS) is 14.3. The number of nitrogens with zero attached hydrogens (tertiary/aromatic N) is 2. The Balaban J connectivity index is 1.81. The van der Waals surface area contributed by atoms with Gasteiger partial charge in [-0.3, -0.25) is 9.89 Å². The van der Waals surface area contributed by atoms with Crippen molar-refractivity contribution in [3.8, 4) is 0 Å². The smallest absolute Gasteiger partial charge is 0.257 e. The summed E-state index contributed by atoms with van der Waals surface area (Å²) in [4.78, 5) is 14.6. The highest BCUT2D eigenvalue weighted by Gasteiger charge is 2.33. The highest BCUT2D eigenvalue weighted by Crippen LogP contribution is 2.30. The van der Waals surface area contributed by atoms with Gasteiger partial charge in [-0.1, -0.05) is 23.7 Å². The molecule has 2 aromatic rings. The fourth-order valence-electron chi connectivity index (χ4n) is 2.26. The summed E-state index contributed by atoms with van der Waals surface area (Å²) in [5.41, 5.74) is 2.57. The standard InChI is InChI=1S/C15H16ClN3O/c1-10-14(8-17-18-10)15(20)19(13-6-7-13)9-11-2-4-12(16)5-3-11/h2-5,8,13H,6-7,9H2,1H3,(H,17,18). The molecule has 1 N–H and O–H groups in total. The number of rotatable bonds is 4. The molecule has 5 heteroatoms. The van der Waals surface area contributed by atoms with E-state index in [4.69, 9.17) is 11.6 Å². The average molecular weight is 290 g/mol. The second-order valence-electron chi connectivity index (χ2n) is 5.20. The van der Waals surface area contributed by atoms with Crippen molar-refractivity contribution in [3.63, 3.8) is 0 Å². The van der Waals surface area contributed by atoms with E-state index in [1.807, 2.05) is 36.1 Å². The predicted octanol–water partition coefficient (Wildman–Crippen LogP) is 3.18. The molecule has 1 aromatic carbocycles. The van der Waals surface area contributed by atoms with Crippen LogP contribution in [-0.2, 0) is 6.54 Å². The van der Waals surface area contributed by atoms with Gasteiger partial charge >= 0.3 is 0 Å². The minimum atomic E-state index is 0.0497. The Kier molecular flexibility index (Phi) is 3.49. The number of hydrogen-bond donors (Lipinski definition) is 1. The van der Waals surface area contributed by atoms with Crippen LogP contribution < -0.4 is 0 Å². The summed E-state index contributed by atoms with van der Waals surface area (Å²) in [6, 6.07) is 8.00. The molecule has 1 aromatic heterocycles. The number of carbonyl (C=O) groups is 1. The van der Waals surface area contributed by atoms with Crippen LogP contribution in [0.1, 0.15) is 34.5 Å². The Morgan fingerprint density at radius 1 is 1.40 bits per heavy atom. The molecule has 1 fully saturated rings. The number of nitrogens with one attached hydrogen (secondary N) is 1. The fraction of sp³-hybridized carbons (Fsp3) is 0.333. The summed E-state index contributed by atoms with van der Waals surface area (Å²) in [5.74, 6) is 0.0497. The summed E-state index contributed by atoms with van der Waals surface area (Å²) < 4.78 is 0. The van der Waals surface area contributed by atoms with Crippen LogP contribution in [0.5, 0.6) is 0 Å². The number of aromatic amines is 1. The Hall–Kier alpha value is -1.81. The van der Waals surface area contributed by atoms with Gasteiger partial charge in [-0.25, -0.2) is 0 Å². The Morgan fingerprint density at radius 2 is 2.10 bits per heavy atom. The van der Waals surface area contributed by atoms with Crippen LogP contribution in [-0.4, -0.2) is 27.0 Å². The zero-order valence-corrected chi connectivity index (χ0v) is 12.0. The maximum atomic E-state index is 12.6. The molecule has 0 atom stereocenters. The van der Waals surface area contributed by atoms with Gasteiger partial charge < -0.3 is 4.90 Å². The van der Waals surface area contributed by atoms with Crippen LogP contribution in [0.4, 0.5) is 0 Å². The van der Waals surface area contributed by atoms with Gasteiger partial charge in [-0.05, 0) is 37.5 Å². The molecule has 0 spiro atoms. The number of amides is 1. The van der Waals surface area contributed by atoms with E-state index in [0.717, 1.165) is 24.1 Å². The molecule has 104 valence electrons. The second kappa shape index (κ2) is 5.29. The maximum absolute atomic E-state index is 12.6. The van der Waals surface area contributed by atoms with Crippen molar-refractivity contribution in [3.05, 3.63) is 52.3 Å². The lowest BCUT2D eigenvalue weighted by atomic mass is 10.1. The first-order valence-electron chi connectivity index (χ1n) is 6.70. The number of halogens is 1. The van der Waals surface area contributed by atoms with E-state index < -0.39 is 0 Å². The van der Waals surface area contributed by atoms with Gasteiger partial charge in [-0.2, -0.15) is 5.10 Å². The largest absolute Gasteiger partial charge is 0.331 e. The van der Waals surface area contributed by atoms with Crippen LogP contribution in [0, 0.1) is 6.92 Å². The van der Waals surface area contributed by atoms with Crippen LogP contribution >= 0.6 is 11.6 Å². The summed E-state index contributed by atoms with van der Waals surface area (Å²) in [7, 11) is 0. The number of benzene rings is 1.